The Morgan fingerprint density at radius 3 is 1.08 bits per heavy atom. The minimum Gasteiger partial charge on any atom is -0.465 e. The number of nitrogens with one attached hydrogen (secondary N) is 2. The highest BCUT2D eigenvalue weighted by Gasteiger charge is 2.16. The van der Waals surface area contributed by atoms with Gasteiger partial charge in [-0.2, -0.15) is 11.8 Å². The molecule has 0 bridgehead atoms. The second kappa shape index (κ2) is 15.1. The lowest BCUT2D eigenvalue weighted by molar-refractivity contribution is -0.116. The fourth-order valence-electron chi connectivity index (χ4n) is 3.22. The van der Waals surface area contributed by atoms with Crippen LogP contribution in [0.3, 0.4) is 0 Å². The molecule has 12 nitrogen and oxygen atoms in total. The molecule has 0 aliphatic rings. The van der Waals surface area contributed by atoms with Crippen LogP contribution in [0.5, 0.6) is 0 Å². The van der Waals surface area contributed by atoms with Gasteiger partial charge in [-0.1, -0.05) is 0 Å². The van der Waals surface area contributed by atoms with Crippen LogP contribution in [0, 0.1) is 0 Å². The average molecular weight is 561 g/mol. The van der Waals surface area contributed by atoms with E-state index in [1.165, 1.54) is 76.6 Å². The van der Waals surface area contributed by atoms with Gasteiger partial charge >= 0.3 is 23.9 Å². The number of hydrogen-bond acceptors (Lipinski definition) is 11. The summed E-state index contributed by atoms with van der Waals surface area (Å²) >= 11 is 1.36. The quantitative estimate of drug-likeness (QED) is 0.223. The molecule has 0 unspecified atom stereocenters. The molecule has 2 aromatic rings. The summed E-state index contributed by atoms with van der Waals surface area (Å²) in [6.45, 7) is 0. The van der Waals surface area contributed by atoms with Gasteiger partial charge in [0.2, 0.25) is 11.8 Å². The fourth-order valence-corrected chi connectivity index (χ4v) is 4.08. The number of ether oxygens (including phenoxy) is 4. The molecular weight excluding hydrogens is 532 g/mol. The lowest BCUT2D eigenvalue weighted by Crippen LogP contribution is -2.16. The van der Waals surface area contributed by atoms with Gasteiger partial charge in [-0.25, -0.2) is 19.2 Å². The summed E-state index contributed by atoms with van der Waals surface area (Å²) in [6, 6.07) is 8.14. The van der Waals surface area contributed by atoms with E-state index in [2.05, 4.69) is 29.6 Å². The number of anilines is 2. The summed E-state index contributed by atoms with van der Waals surface area (Å²) in [6.07, 6.45) is 0.206. The van der Waals surface area contributed by atoms with Crippen LogP contribution in [0.4, 0.5) is 11.4 Å². The van der Waals surface area contributed by atoms with Crippen molar-refractivity contribution in [1.82, 2.24) is 0 Å². The van der Waals surface area contributed by atoms with E-state index in [1.54, 1.807) is 0 Å². The molecule has 0 fully saturated rings. The zero-order valence-electron chi connectivity index (χ0n) is 21.8. The maximum Gasteiger partial charge on any atom is 0.337 e. The van der Waals surface area contributed by atoms with Crippen LogP contribution in [0.25, 0.3) is 0 Å². The molecule has 0 saturated carbocycles. The summed E-state index contributed by atoms with van der Waals surface area (Å²) < 4.78 is 18.7. The van der Waals surface area contributed by atoms with Gasteiger partial charge in [-0.15, -0.1) is 0 Å². The third kappa shape index (κ3) is 9.45. The van der Waals surface area contributed by atoms with E-state index < -0.39 is 23.9 Å². The second-order valence-electron chi connectivity index (χ2n) is 7.77. The molecule has 0 saturated heterocycles. The summed E-state index contributed by atoms with van der Waals surface area (Å²) in [7, 11) is 4.79. The topological polar surface area (TPSA) is 163 Å². The molecule has 0 aromatic heterocycles. The number of amides is 2. The largest absolute Gasteiger partial charge is 0.465 e. The highest BCUT2D eigenvalue weighted by molar-refractivity contribution is 7.99. The Bertz CT molecular complexity index is 1100. The van der Waals surface area contributed by atoms with Crippen molar-refractivity contribution in [3.63, 3.8) is 0 Å². The number of hydrogen-bond donors (Lipinski definition) is 2. The molecule has 0 heterocycles. The van der Waals surface area contributed by atoms with Gasteiger partial charge in [0.25, 0.3) is 0 Å². The van der Waals surface area contributed by atoms with Crippen molar-refractivity contribution in [2.24, 2.45) is 0 Å². The standard InChI is InChI=1S/C26H28N2O10S/c1-35-23(31)15-9-16(24(32)36-2)12-19(11-15)27-21(29)5-7-39-8-6-22(30)28-20-13-17(25(33)37-3)10-18(14-20)26(34)38-4/h9-14H,5-8H2,1-4H3,(H,27,29)(H,28,30). The van der Waals surface area contributed by atoms with Gasteiger partial charge in [0.1, 0.15) is 0 Å². The molecule has 2 N–H and O–H groups in total. The maximum atomic E-state index is 12.4. The predicted molar refractivity (Wildman–Crippen MR) is 142 cm³/mol. The van der Waals surface area contributed by atoms with Gasteiger partial charge in [0, 0.05) is 35.7 Å². The Labute approximate surface area is 228 Å². The molecule has 0 aliphatic carbocycles. The van der Waals surface area contributed by atoms with Crippen molar-refractivity contribution >= 4 is 58.8 Å². The highest BCUT2D eigenvalue weighted by atomic mass is 32.2. The molecule has 0 aliphatic heterocycles. The normalized spacial score (nSPS) is 10.2. The summed E-state index contributed by atoms with van der Waals surface area (Å²) in [5.74, 6) is -2.65. The van der Waals surface area contributed by atoms with Crippen molar-refractivity contribution in [2.45, 2.75) is 12.8 Å². The first-order valence-corrected chi connectivity index (χ1v) is 12.6. The maximum absolute atomic E-state index is 12.4. The predicted octanol–water partition coefficient (Wildman–Crippen LogP) is 2.92. The Morgan fingerprint density at radius 2 is 0.821 bits per heavy atom. The molecule has 0 spiro atoms. The third-order valence-electron chi connectivity index (χ3n) is 5.06. The molecule has 2 amide bonds. The van der Waals surface area contributed by atoms with Crippen LogP contribution < -0.4 is 10.6 Å². The van der Waals surface area contributed by atoms with Crippen LogP contribution in [0.1, 0.15) is 54.3 Å². The van der Waals surface area contributed by atoms with Crippen molar-refractivity contribution in [3.05, 3.63) is 58.7 Å². The van der Waals surface area contributed by atoms with Crippen molar-refractivity contribution in [1.29, 1.82) is 0 Å². The zero-order valence-corrected chi connectivity index (χ0v) is 22.6. The number of benzene rings is 2. The molecule has 2 aromatic carbocycles. The summed E-state index contributed by atoms with van der Waals surface area (Å²) in [5.41, 5.74) is 0.763. The van der Waals surface area contributed by atoms with Gasteiger partial charge in [0.15, 0.2) is 0 Å². The van der Waals surface area contributed by atoms with E-state index in [1.807, 2.05) is 0 Å². The van der Waals surface area contributed by atoms with E-state index in [-0.39, 0.29) is 58.3 Å². The molecule has 39 heavy (non-hydrogen) atoms. The highest BCUT2D eigenvalue weighted by Crippen LogP contribution is 2.19. The van der Waals surface area contributed by atoms with Crippen LogP contribution in [0.15, 0.2) is 36.4 Å². The number of thioether (sulfide) groups is 1. The molecule has 13 heteroatoms. The lowest BCUT2D eigenvalue weighted by Gasteiger charge is -2.10. The van der Waals surface area contributed by atoms with E-state index in [4.69, 9.17) is 0 Å². The second-order valence-corrected chi connectivity index (χ2v) is 9.00. The minimum absolute atomic E-state index is 0.0758. The number of carbonyl (C=O) groups excluding carboxylic acids is 6. The van der Waals surface area contributed by atoms with Gasteiger partial charge in [-0.3, -0.25) is 9.59 Å². The van der Waals surface area contributed by atoms with E-state index in [0.717, 1.165) is 0 Å². The van der Waals surface area contributed by atoms with Gasteiger partial charge in [-0.05, 0) is 36.4 Å². The first kappa shape index (κ1) is 30.8. The minimum atomic E-state index is -0.677. The Balaban J connectivity index is 1.88. The fraction of sp³-hybridized carbons (Fsp3) is 0.308. The van der Waals surface area contributed by atoms with E-state index in [0.29, 0.717) is 11.5 Å². The van der Waals surface area contributed by atoms with Gasteiger partial charge < -0.3 is 29.6 Å². The van der Waals surface area contributed by atoms with Crippen LogP contribution in [-0.2, 0) is 28.5 Å². The molecule has 2 rings (SSSR count). The Morgan fingerprint density at radius 1 is 0.538 bits per heavy atom. The number of esters is 4. The van der Waals surface area contributed by atoms with Crippen LogP contribution >= 0.6 is 11.8 Å². The molecule has 0 radical (unpaired) electrons. The smallest absolute Gasteiger partial charge is 0.337 e. The zero-order chi connectivity index (χ0) is 28.9. The van der Waals surface area contributed by atoms with Gasteiger partial charge in [0.05, 0.1) is 50.7 Å². The molecule has 0 atom stereocenters. The third-order valence-corrected chi connectivity index (χ3v) is 6.05. The Kier molecular flexibility index (Phi) is 12.0. The first-order valence-electron chi connectivity index (χ1n) is 11.4. The summed E-state index contributed by atoms with van der Waals surface area (Å²) in [5, 5.41) is 5.26. The van der Waals surface area contributed by atoms with Crippen LogP contribution in [-0.4, -0.2) is 75.6 Å². The summed E-state index contributed by atoms with van der Waals surface area (Å²) in [4.78, 5) is 72.3. The number of rotatable bonds is 12. The van der Waals surface area contributed by atoms with Crippen molar-refractivity contribution in [2.75, 3.05) is 50.6 Å². The number of carbonyl (C=O) groups is 6. The van der Waals surface area contributed by atoms with Crippen molar-refractivity contribution < 1.29 is 47.7 Å². The molecule has 208 valence electrons. The van der Waals surface area contributed by atoms with E-state index >= 15 is 0 Å². The van der Waals surface area contributed by atoms with E-state index in [9.17, 15) is 28.8 Å². The molecular formula is C26H28N2O10S. The SMILES string of the molecule is COC(=O)c1cc(NC(=O)CCSCCC(=O)Nc2cc(C(=O)OC)cc(C(=O)OC)c2)cc(C(=O)OC)c1. The Hall–Kier alpha value is -4.39. The first-order chi connectivity index (χ1) is 18.6. The van der Waals surface area contributed by atoms with Crippen molar-refractivity contribution in [3.8, 4) is 0 Å². The monoisotopic (exact) mass is 560 g/mol. The number of methoxy groups -OCH3 is 4. The van der Waals surface area contributed by atoms with Crippen LogP contribution in [0.2, 0.25) is 0 Å². The average Bonchev–Trinajstić information content (AvgIpc) is 2.94. The lowest BCUT2D eigenvalue weighted by atomic mass is 10.1.